The molecule has 72 valence electrons. The van der Waals surface area contributed by atoms with Gasteiger partial charge in [-0.15, -0.1) is 0 Å². The Hall–Kier alpha value is -1.39. The Morgan fingerprint density at radius 2 is 2.46 bits per heavy atom. The summed E-state index contributed by atoms with van der Waals surface area (Å²) in [6.45, 7) is 4.83. The lowest BCUT2D eigenvalue weighted by Gasteiger charge is -2.14. The molecule has 0 saturated heterocycles. The highest BCUT2D eigenvalue weighted by Gasteiger charge is 2.23. The third kappa shape index (κ3) is 2.54. The van der Waals surface area contributed by atoms with Crippen LogP contribution >= 0.6 is 0 Å². The summed E-state index contributed by atoms with van der Waals surface area (Å²) < 4.78 is 0. The number of hydrogen-bond acceptors (Lipinski definition) is 2. The van der Waals surface area contributed by atoms with Crippen LogP contribution in [0.2, 0.25) is 0 Å². The van der Waals surface area contributed by atoms with E-state index in [1.807, 2.05) is 13.8 Å². The van der Waals surface area contributed by atoms with Crippen LogP contribution in [0.25, 0.3) is 0 Å². The molecule has 0 unspecified atom stereocenters. The fourth-order valence-corrected chi connectivity index (χ4v) is 0.905. The van der Waals surface area contributed by atoms with Gasteiger partial charge in [0.05, 0.1) is 6.54 Å². The molecule has 13 heavy (non-hydrogen) atoms. The van der Waals surface area contributed by atoms with Gasteiger partial charge in [0.25, 0.3) is 0 Å². The van der Waals surface area contributed by atoms with Crippen molar-refractivity contribution in [2.24, 2.45) is 10.9 Å². The van der Waals surface area contributed by atoms with E-state index in [2.05, 4.69) is 10.3 Å². The van der Waals surface area contributed by atoms with Crippen molar-refractivity contribution in [2.45, 2.75) is 13.8 Å². The summed E-state index contributed by atoms with van der Waals surface area (Å²) in [6, 6.07) is -0.850. The zero-order valence-electron chi connectivity index (χ0n) is 7.78. The second-order valence-electron chi connectivity index (χ2n) is 3.28. The van der Waals surface area contributed by atoms with Gasteiger partial charge in [-0.05, 0) is 5.92 Å². The summed E-state index contributed by atoms with van der Waals surface area (Å²) in [4.78, 5) is 26.7. The fraction of sp³-hybridized carbons (Fsp3) is 0.625. The highest BCUT2D eigenvalue weighted by molar-refractivity contribution is 6.02. The Labute approximate surface area is 76.8 Å². The van der Waals surface area contributed by atoms with Gasteiger partial charge in [0.15, 0.2) is 0 Å². The van der Waals surface area contributed by atoms with Crippen molar-refractivity contribution in [1.82, 2.24) is 10.2 Å². The molecule has 5 heteroatoms. The minimum Gasteiger partial charge on any atom is -0.337 e. The Kier molecular flexibility index (Phi) is 3.00. The lowest BCUT2D eigenvalue weighted by atomic mass is 10.2. The van der Waals surface area contributed by atoms with Gasteiger partial charge in [-0.3, -0.25) is 0 Å². The minimum atomic E-state index is -0.485. The molecule has 0 aromatic heterocycles. The number of nitrogens with zero attached hydrogens (tertiary/aromatic N) is 2. The molecule has 4 amide bonds. The maximum atomic E-state index is 11.3. The van der Waals surface area contributed by atoms with Crippen LogP contribution in [0, 0.1) is 5.92 Å². The summed E-state index contributed by atoms with van der Waals surface area (Å²) in [5, 5.41) is 2.64. The topological polar surface area (TPSA) is 61.8 Å². The van der Waals surface area contributed by atoms with Gasteiger partial charge in [0, 0.05) is 12.8 Å². The predicted octanol–water partition coefficient (Wildman–Crippen LogP) is 0.858. The average molecular weight is 183 g/mol. The van der Waals surface area contributed by atoms with E-state index in [9.17, 15) is 9.59 Å². The predicted molar refractivity (Wildman–Crippen MR) is 48.8 cm³/mol. The minimum absolute atomic E-state index is 0.281. The number of amides is 4. The first-order chi connectivity index (χ1) is 6.11. The van der Waals surface area contributed by atoms with Crippen LogP contribution in [-0.4, -0.2) is 36.3 Å². The Balaban J connectivity index is 2.36. The first-order valence-corrected chi connectivity index (χ1v) is 4.23. The highest BCUT2D eigenvalue weighted by Crippen LogP contribution is 1.99. The van der Waals surface area contributed by atoms with E-state index in [-0.39, 0.29) is 12.6 Å². The zero-order chi connectivity index (χ0) is 9.84. The van der Waals surface area contributed by atoms with Crippen LogP contribution in [0.3, 0.4) is 0 Å². The number of carbonyl (C=O) groups excluding carboxylic acids is 2. The van der Waals surface area contributed by atoms with Crippen molar-refractivity contribution in [1.29, 1.82) is 0 Å². The molecular formula is C8H13N3O2. The van der Waals surface area contributed by atoms with Crippen LogP contribution < -0.4 is 5.32 Å². The Bertz CT molecular complexity index is 248. The lowest BCUT2D eigenvalue weighted by Crippen LogP contribution is -2.42. The van der Waals surface area contributed by atoms with Crippen LogP contribution in [0.1, 0.15) is 13.8 Å². The number of nitrogens with one attached hydrogen (secondary N) is 1. The van der Waals surface area contributed by atoms with E-state index in [1.54, 1.807) is 0 Å². The molecule has 0 aromatic rings. The van der Waals surface area contributed by atoms with E-state index in [4.69, 9.17) is 0 Å². The van der Waals surface area contributed by atoms with Crippen LogP contribution in [0.15, 0.2) is 4.99 Å². The molecule has 1 heterocycles. The van der Waals surface area contributed by atoms with E-state index in [0.717, 1.165) is 4.90 Å². The first kappa shape index (κ1) is 9.70. The van der Waals surface area contributed by atoms with Gasteiger partial charge in [-0.25, -0.2) is 19.5 Å². The largest absolute Gasteiger partial charge is 0.351 e. The van der Waals surface area contributed by atoms with Crippen molar-refractivity contribution in [3.05, 3.63) is 0 Å². The van der Waals surface area contributed by atoms with Crippen molar-refractivity contribution >= 4 is 18.3 Å². The molecule has 1 aliphatic rings. The third-order valence-corrected chi connectivity index (χ3v) is 1.60. The van der Waals surface area contributed by atoms with Crippen LogP contribution in [0.5, 0.6) is 0 Å². The van der Waals surface area contributed by atoms with Gasteiger partial charge in [-0.2, -0.15) is 0 Å². The second kappa shape index (κ2) is 4.02. The Morgan fingerprint density at radius 1 is 1.77 bits per heavy atom. The average Bonchev–Trinajstić information content (AvgIpc) is 2.47. The molecule has 1 rings (SSSR count). The summed E-state index contributed by atoms with van der Waals surface area (Å²) in [5.41, 5.74) is 0. The third-order valence-electron chi connectivity index (χ3n) is 1.60. The maximum absolute atomic E-state index is 11.3. The monoisotopic (exact) mass is 183 g/mol. The zero-order valence-corrected chi connectivity index (χ0v) is 7.78. The molecule has 0 fully saturated rings. The van der Waals surface area contributed by atoms with E-state index < -0.39 is 6.03 Å². The van der Waals surface area contributed by atoms with Gasteiger partial charge < -0.3 is 5.32 Å². The van der Waals surface area contributed by atoms with Gasteiger partial charge in [0.2, 0.25) is 0 Å². The van der Waals surface area contributed by atoms with Crippen molar-refractivity contribution in [2.75, 3.05) is 13.1 Å². The summed E-state index contributed by atoms with van der Waals surface area (Å²) in [5.74, 6) is 0.377. The Morgan fingerprint density at radius 3 is 2.92 bits per heavy atom. The maximum Gasteiger partial charge on any atom is 0.351 e. The molecule has 0 aromatic carbocycles. The highest BCUT2D eigenvalue weighted by atomic mass is 16.2. The quantitative estimate of drug-likeness (QED) is 0.690. The number of rotatable bonds is 2. The fourth-order valence-electron chi connectivity index (χ4n) is 0.905. The van der Waals surface area contributed by atoms with Crippen LogP contribution in [-0.2, 0) is 0 Å². The van der Waals surface area contributed by atoms with Crippen LogP contribution in [0.4, 0.5) is 9.59 Å². The molecule has 0 atom stereocenters. The number of carbonyl (C=O) groups is 2. The van der Waals surface area contributed by atoms with Crippen molar-refractivity contribution in [3.63, 3.8) is 0 Å². The number of urea groups is 2. The molecule has 0 spiro atoms. The normalized spacial score (nSPS) is 15.6. The smallest absolute Gasteiger partial charge is 0.337 e. The summed E-state index contributed by atoms with van der Waals surface area (Å²) in [7, 11) is 0. The molecular weight excluding hydrogens is 170 g/mol. The molecule has 1 aliphatic heterocycles. The van der Waals surface area contributed by atoms with Gasteiger partial charge >= 0.3 is 12.1 Å². The molecule has 0 aliphatic carbocycles. The van der Waals surface area contributed by atoms with Gasteiger partial charge in [0.1, 0.15) is 0 Å². The second-order valence-corrected chi connectivity index (χ2v) is 3.28. The molecule has 0 bridgehead atoms. The number of imide groups is 1. The number of aliphatic imine (C=N–C) groups is 1. The molecule has 5 nitrogen and oxygen atoms in total. The number of hydrogen-bond donors (Lipinski definition) is 1. The van der Waals surface area contributed by atoms with E-state index >= 15 is 0 Å². The molecule has 0 radical (unpaired) electrons. The van der Waals surface area contributed by atoms with E-state index in [0.29, 0.717) is 12.5 Å². The van der Waals surface area contributed by atoms with Crippen molar-refractivity contribution in [3.8, 4) is 0 Å². The molecule has 0 saturated carbocycles. The van der Waals surface area contributed by atoms with E-state index in [1.165, 1.54) is 6.21 Å². The van der Waals surface area contributed by atoms with Crippen molar-refractivity contribution < 1.29 is 9.59 Å². The standard InChI is InChI=1S/C8H13N3O2/c1-6(2)5-10-8(13)11-4-3-9-7(11)12/h3,6H,4-5H2,1-2H3,(H,10,13). The first-order valence-electron chi connectivity index (χ1n) is 4.23. The van der Waals surface area contributed by atoms with Gasteiger partial charge in [-0.1, -0.05) is 13.8 Å². The SMILES string of the molecule is CC(C)CNC(=O)N1CC=NC1=O. The lowest BCUT2D eigenvalue weighted by molar-refractivity contribution is 0.199. The summed E-state index contributed by atoms with van der Waals surface area (Å²) in [6.07, 6.45) is 1.43. The molecule has 1 N–H and O–H groups in total. The summed E-state index contributed by atoms with van der Waals surface area (Å²) >= 11 is 0.